The van der Waals surface area contributed by atoms with Gasteiger partial charge < -0.3 is 4.74 Å². The summed E-state index contributed by atoms with van der Waals surface area (Å²) in [6, 6.07) is 14.7. The number of hydrogen-bond donors (Lipinski definition) is 0. The fraction of sp³-hybridized carbons (Fsp3) is 0.235. The molecular weight excluding hydrogens is 234 g/mol. The average molecular weight is 251 g/mol. The molecule has 0 aliphatic carbocycles. The summed E-state index contributed by atoms with van der Waals surface area (Å²) >= 11 is 0. The predicted octanol–water partition coefficient (Wildman–Crippen LogP) is 3.40. The Morgan fingerprint density at radius 2 is 1.89 bits per heavy atom. The summed E-state index contributed by atoms with van der Waals surface area (Å²) in [4.78, 5) is 4.73. The largest absolute Gasteiger partial charge is 0.496 e. The van der Waals surface area contributed by atoms with Gasteiger partial charge in [-0.1, -0.05) is 35.9 Å². The zero-order valence-electron chi connectivity index (χ0n) is 11.3. The third-order valence-electron chi connectivity index (χ3n) is 3.53. The first kappa shape index (κ1) is 12.0. The Labute approximate surface area is 113 Å². The van der Waals surface area contributed by atoms with E-state index in [2.05, 4.69) is 43.3 Å². The highest BCUT2D eigenvalue weighted by molar-refractivity contribution is 6.15. The topological polar surface area (TPSA) is 21.6 Å². The van der Waals surface area contributed by atoms with Gasteiger partial charge in [0, 0.05) is 17.7 Å². The quantitative estimate of drug-likeness (QED) is 0.801. The van der Waals surface area contributed by atoms with Gasteiger partial charge in [-0.25, -0.2) is 0 Å². The summed E-state index contributed by atoms with van der Waals surface area (Å²) in [5, 5.41) is 0. The van der Waals surface area contributed by atoms with Crippen molar-refractivity contribution in [2.45, 2.75) is 13.3 Å². The Kier molecular flexibility index (Phi) is 3.08. The van der Waals surface area contributed by atoms with Crippen LogP contribution in [0.5, 0.6) is 5.75 Å². The molecule has 1 aliphatic rings. The van der Waals surface area contributed by atoms with Crippen LogP contribution in [0.2, 0.25) is 0 Å². The zero-order valence-corrected chi connectivity index (χ0v) is 11.3. The van der Waals surface area contributed by atoms with E-state index in [-0.39, 0.29) is 0 Å². The van der Waals surface area contributed by atoms with Crippen molar-refractivity contribution in [1.82, 2.24) is 0 Å². The molecule has 2 nitrogen and oxygen atoms in total. The maximum Gasteiger partial charge on any atom is 0.128 e. The second-order valence-corrected chi connectivity index (χ2v) is 4.84. The van der Waals surface area contributed by atoms with Crippen LogP contribution in [0.15, 0.2) is 47.5 Å². The predicted molar refractivity (Wildman–Crippen MR) is 78.4 cm³/mol. The summed E-state index contributed by atoms with van der Waals surface area (Å²) < 4.78 is 5.49. The molecule has 0 saturated carbocycles. The Balaban J connectivity index is 2.17. The van der Waals surface area contributed by atoms with Crippen molar-refractivity contribution >= 4 is 5.71 Å². The van der Waals surface area contributed by atoms with E-state index in [0.29, 0.717) is 0 Å². The first-order valence-corrected chi connectivity index (χ1v) is 6.57. The fourth-order valence-electron chi connectivity index (χ4n) is 2.58. The van der Waals surface area contributed by atoms with Gasteiger partial charge in [0.1, 0.15) is 5.75 Å². The molecule has 0 saturated heterocycles. The van der Waals surface area contributed by atoms with E-state index in [1.807, 2.05) is 6.07 Å². The molecular formula is C17H17NO. The number of fused-ring (bicyclic) bond motifs is 1. The summed E-state index contributed by atoms with van der Waals surface area (Å²) in [7, 11) is 1.71. The van der Waals surface area contributed by atoms with Crippen LogP contribution in [-0.2, 0) is 6.42 Å². The highest BCUT2D eigenvalue weighted by Crippen LogP contribution is 2.27. The van der Waals surface area contributed by atoms with Crippen LogP contribution in [0, 0.1) is 6.92 Å². The second kappa shape index (κ2) is 4.88. The fourth-order valence-corrected chi connectivity index (χ4v) is 2.58. The highest BCUT2D eigenvalue weighted by Gasteiger charge is 2.18. The molecule has 2 heteroatoms. The van der Waals surface area contributed by atoms with E-state index in [4.69, 9.17) is 9.73 Å². The van der Waals surface area contributed by atoms with Crippen molar-refractivity contribution in [2.75, 3.05) is 13.7 Å². The second-order valence-electron chi connectivity index (χ2n) is 4.84. The summed E-state index contributed by atoms with van der Waals surface area (Å²) in [5.74, 6) is 0.890. The Morgan fingerprint density at radius 3 is 2.74 bits per heavy atom. The minimum Gasteiger partial charge on any atom is -0.496 e. The number of rotatable bonds is 2. The maximum atomic E-state index is 5.49. The Hall–Kier alpha value is -2.09. The molecule has 19 heavy (non-hydrogen) atoms. The molecule has 0 unspecified atom stereocenters. The van der Waals surface area contributed by atoms with E-state index in [1.54, 1.807) is 7.11 Å². The van der Waals surface area contributed by atoms with Crippen molar-refractivity contribution in [3.8, 4) is 5.75 Å². The van der Waals surface area contributed by atoms with E-state index in [1.165, 1.54) is 16.7 Å². The number of nitrogens with zero attached hydrogens (tertiary/aromatic N) is 1. The van der Waals surface area contributed by atoms with Gasteiger partial charge in [0.15, 0.2) is 0 Å². The highest BCUT2D eigenvalue weighted by atomic mass is 16.5. The van der Waals surface area contributed by atoms with Crippen LogP contribution >= 0.6 is 0 Å². The molecule has 3 rings (SSSR count). The number of aliphatic imine (C=N–C) groups is 1. The van der Waals surface area contributed by atoms with Crippen LogP contribution in [0.3, 0.4) is 0 Å². The monoisotopic (exact) mass is 251 g/mol. The summed E-state index contributed by atoms with van der Waals surface area (Å²) in [6.07, 6.45) is 1.02. The van der Waals surface area contributed by atoms with Gasteiger partial charge in [-0.3, -0.25) is 4.99 Å². The first-order valence-electron chi connectivity index (χ1n) is 6.57. The van der Waals surface area contributed by atoms with Crippen molar-refractivity contribution < 1.29 is 4.74 Å². The van der Waals surface area contributed by atoms with Crippen molar-refractivity contribution in [2.24, 2.45) is 4.99 Å². The van der Waals surface area contributed by atoms with Crippen molar-refractivity contribution in [3.63, 3.8) is 0 Å². The minimum absolute atomic E-state index is 0.851. The van der Waals surface area contributed by atoms with E-state index >= 15 is 0 Å². The number of hydrogen-bond acceptors (Lipinski definition) is 2. The molecule has 2 aromatic rings. The van der Waals surface area contributed by atoms with Crippen molar-refractivity contribution in [3.05, 3.63) is 64.7 Å². The molecule has 0 aromatic heterocycles. The van der Waals surface area contributed by atoms with Gasteiger partial charge in [0.2, 0.25) is 0 Å². The summed E-state index contributed by atoms with van der Waals surface area (Å²) in [5.41, 5.74) is 5.98. The van der Waals surface area contributed by atoms with Gasteiger partial charge in [-0.2, -0.15) is 0 Å². The summed E-state index contributed by atoms with van der Waals surface area (Å²) in [6.45, 7) is 2.95. The van der Waals surface area contributed by atoms with Crippen molar-refractivity contribution in [1.29, 1.82) is 0 Å². The van der Waals surface area contributed by atoms with E-state index in [0.717, 1.165) is 30.0 Å². The molecule has 0 atom stereocenters. The van der Waals surface area contributed by atoms with Crippen LogP contribution in [-0.4, -0.2) is 19.4 Å². The van der Waals surface area contributed by atoms with Gasteiger partial charge in [-0.15, -0.1) is 0 Å². The Morgan fingerprint density at radius 1 is 1.05 bits per heavy atom. The molecule has 0 radical (unpaired) electrons. The van der Waals surface area contributed by atoms with E-state index < -0.39 is 0 Å². The lowest BCUT2D eigenvalue weighted by molar-refractivity contribution is 0.414. The molecule has 1 heterocycles. The smallest absolute Gasteiger partial charge is 0.128 e. The van der Waals surface area contributed by atoms with Crippen LogP contribution in [0.25, 0.3) is 0 Å². The van der Waals surface area contributed by atoms with Crippen LogP contribution in [0.4, 0.5) is 0 Å². The molecule has 2 aromatic carbocycles. The number of ether oxygens (including phenoxy) is 1. The third kappa shape index (κ3) is 2.14. The maximum absolute atomic E-state index is 5.49. The first-order chi connectivity index (χ1) is 9.29. The molecule has 0 bridgehead atoms. The number of benzene rings is 2. The minimum atomic E-state index is 0.851. The average Bonchev–Trinajstić information content (AvgIpc) is 2.46. The lowest BCUT2D eigenvalue weighted by atomic mass is 9.92. The standard InChI is InChI=1S/C17H17NO/c1-12-7-8-16(19-2)15(11-12)17-14-6-4-3-5-13(14)9-10-18-17/h3-8,11H,9-10H2,1-2H3. The molecule has 0 spiro atoms. The SMILES string of the molecule is COc1ccc(C)cc1C1=NCCc2ccccc21. The zero-order chi connectivity index (χ0) is 13.2. The normalized spacial score (nSPS) is 13.7. The lowest BCUT2D eigenvalue weighted by Gasteiger charge is -2.19. The Bertz CT molecular complexity index is 643. The van der Waals surface area contributed by atoms with Gasteiger partial charge >= 0.3 is 0 Å². The third-order valence-corrected chi connectivity index (χ3v) is 3.53. The molecule has 0 amide bonds. The van der Waals surface area contributed by atoms with E-state index in [9.17, 15) is 0 Å². The van der Waals surface area contributed by atoms with Gasteiger partial charge in [-0.05, 0) is 31.0 Å². The number of methoxy groups -OCH3 is 1. The van der Waals surface area contributed by atoms with Crippen LogP contribution in [0.1, 0.15) is 22.3 Å². The molecule has 0 N–H and O–H groups in total. The number of aryl methyl sites for hydroxylation is 1. The lowest BCUT2D eigenvalue weighted by Crippen LogP contribution is -2.15. The van der Waals surface area contributed by atoms with Crippen LogP contribution < -0.4 is 4.74 Å². The molecule has 0 fully saturated rings. The molecule has 96 valence electrons. The van der Waals surface area contributed by atoms with Gasteiger partial charge in [0.05, 0.1) is 12.8 Å². The molecule has 1 aliphatic heterocycles. The van der Waals surface area contributed by atoms with Gasteiger partial charge in [0.25, 0.3) is 0 Å².